The molecule has 1 aromatic carbocycles. The number of hydrogen-bond acceptors (Lipinski definition) is 5. The lowest BCUT2D eigenvalue weighted by molar-refractivity contribution is -0.119. The summed E-state index contributed by atoms with van der Waals surface area (Å²) in [6.07, 6.45) is 0.552. The molecule has 122 valence electrons. The Morgan fingerprint density at radius 1 is 1.26 bits per heavy atom. The van der Waals surface area contributed by atoms with Crippen molar-refractivity contribution in [2.24, 2.45) is 0 Å². The highest BCUT2D eigenvalue weighted by Crippen LogP contribution is 2.18. The molecule has 23 heavy (non-hydrogen) atoms. The minimum atomic E-state index is -0.600. The number of benzene rings is 1. The number of nitrogens with zero attached hydrogens (tertiary/aromatic N) is 1. The molecule has 1 heterocycles. The number of rotatable bonds is 5. The van der Waals surface area contributed by atoms with Crippen molar-refractivity contribution in [3.8, 4) is 0 Å². The molecule has 0 unspecified atom stereocenters. The Hall–Kier alpha value is -2.63. The van der Waals surface area contributed by atoms with Crippen LogP contribution in [0.25, 0.3) is 0 Å². The van der Waals surface area contributed by atoms with Crippen LogP contribution in [0.3, 0.4) is 0 Å². The highest BCUT2D eigenvalue weighted by atomic mass is 16.5. The minimum absolute atomic E-state index is 0.298. The van der Waals surface area contributed by atoms with Gasteiger partial charge in [-0.15, -0.1) is 0 Å². The number of ether oxygens (including phenoxy) is 1. The molecular formula is C17H20N2O4. The molecule has 0 aliphatic heterocycles. The van der Waals surface area contributed by atoms with Gasteiger partial charge in [0.15, 0.2) is 6.61 Å². The number of aryl methyl sites for hydroxylation is 3. The van der Waals surface area contributed by atoms with E-state index in [1.54, 1.807) is 13.0 Å². The molecule has 0 fully saturated rings. The van der Waals surface area contributed by atoms with E-state index in [1.165, 1.54) is 0 Å². The molecule has 0 atom stereocenters. The van der Waals surface area contributed by atoms with Gasteiger partial charge >= 0.3 is 5.97 Å². The van der Waals surface area contributed by atoms with E-state index in [0.717, 1.165) is 11.1 Å². The molecule has 6 heteroatoms. The lowest BCUT2D eigenvalue weighted by atomic mass is 10.1. The summed E-state index contributed by atoms with van der Waals surface area (Å²) in [5.74, 6) is -0.599. The smallest absolute Gasteiger partial charge is 0.344 e. The fraction of sp³-hybridized carbons (Fsp3) is 0.353. The molecular weight excluding hydrogens is 296 g/mol. The zero-order valence-corrected chi connectivity index (χ0v) is 13.7. The monoisotopic (exact) mass is 316 g/mol. The Morgan fingerprint density at radius 2 is 2.00 bits per heavy atom. The van der Waals surface area contributed by atoms with E-state index in [2.05, 4.69) is 10.5 Å². The molecule has 0 spiro atoms. The molecule has 6 nitrogen and oxygen atoms in total. The Labute approximate surface area is 134 Å². The van der Waals surface area contributed by atoms with Crippen molar-refractivity contribution >= 4 is 17.6 Å². The summed E-state index contributed by atoms with van der Waals surface area (Å²) in [5.41, 5.74) is 3.60. The summed E-state index contributed by atoms with van der Waals surface area (Å²) in [6, 6.07) is 5.63. The molecule has 0 saturated heterocycles. The second kappa shape index (κ2) is 7.09. The number of amides is 1. The van der Waals surface area contributed by atoms with Crippen LogP contribution in [0.15, 0.2) is 22.7 Å². The molecule has 0 aliphatic carbocycles. The maximum atomic E-state index is 12.1. The maximum Gasteiger partial charge on any atom is 0.344 e. The first kappa shape index (κ1) is 16.7. The molecule has 0 radical (unpaired) electrons. The van der Waals surface area contributed by atoms with Crippen molar-refractivity contribution < 1.29 is 18.8 Å². The fourth-order valence-corrected chi connectivity index (χ4v) is 2.20. The van der Waals surface area contributed by atoms with Crippen LogP contribution in [0.2, 0.25) is 0 Å². The Bertz CT molecular complexity index is 734. The standard InChI is InChI=1S/C17H20N2O4/c1-5-13-16(12(4)23-19-13)17(21)22-9-15(20)18-14-8-6-7-10(2)11(14)3/h6-8H,5,9H2,1-4H3,(H,18,20). The Morgan fingerprint density at radius 3 is 2.70 bits per heavy atom. The molecule has 2 aromatic rings. The molecule has 1 N–H and O–H groups in total. The third kappa shape index (κ3) is 3.77. The molecule has 2 rings (SSSR count). The van der Waals surface area contributed by atoms with Crippen molar-refractivity contribution in [2.75, 3.05) is 11.9 Å². The van der Waals surface area contributed by atoms with Crippen LogP contribution in [-0.4, -0.2) is 23.6 Å². The average molecular weight is 316 g/mol. The van der Waals surface area contributed by atoms with Crippen LogP contribution in [0.4, 0.5) is 5.69 Å². The van der Waals surface area contributed by atoms with Crippen LogP contribution >= 0.6 is 0 Å². The van der Waals surface area contributed by atoms with E-state index in [-0.39, 0.29) is 12.5 Å². The van der Waals surface area contributed by atoms with Gasteiger partial charge in [0.1, 0.15) is 11.3 Å². The summed E-state index contributed by atoms with van der Waals surface area (Å²) in [7, 11) is 0. The number of hydrogen-bond donors (Lipinski definition) is 1. The van der Waals surface area contributed by atoms with Gasteiger partial charge in [-0.2, -0.15) is 0 Å². The van der Waals surface area contributed by atoms with Crippen LogP contribution in [-0.2, 0) is 16.0 Å². The van der Waals surface area contributed by atoms with Crippen molar-refractivity contribution in [1.29, 1.82) is 0 Å². The number of nitrogens with one attached hydrogen (secondary N) is 1. The number of anilines is 1. The molecule has 1 amide bonds. The summed E-state index contributed by atoms with van der Waals surface area (Å²) in [4.78, 5) is 24.0. The lowest BCUT2D eigenvalue weighted by Gasteiger charge is -2.10. The van der Waals surface area contributed by atoms with Crippen LogP contribution in [0.5, 0.6) is 0 Å². The quantitative estimate of drug-likeness (QED) is 0.858. The van der Waals surface area contributed by atoms with E-state index in [4.69, 9.17) is 9.26 Å². The van der Waals surface area contributed by atoms with Crippen molar-refractivity contribution in [2.45, 2.75) is 34.1 Å². The average Bonchev–Trinajstić information content (AvgIpc) is 2.90. The third-order valence-electron chi connectivity index (χ3n) is 3.69. The highest BCUT2D eigenvalue weighted by molar-refractivity contribution is 5.96. The number of aromatic nitrogens is 1. The zero-order chi connectivity index (χ0) is 17.0. The second-order valence-electron chi connectivity index (χ2n) is 5.29. The predicted octanol–water partition coefficient (Wildman–Crippen LogP) is 2.96. The van der Waals surface area contributed by atoms with Crippen LogP contribution in [0.1, 0.15) is 39.9 Å². The summed E-state index contributed by atoms with van der Waals surface area (Å²) in [5, 5.41) is 6.53. The van der Waals surface area contributed by atoms with E-state index >= 15 is 0 Å². The van der Waals surface area contributed by atoms with Gasteiger partial charge in [-0.25, -0.2) is 4.79 Å². The van der Waals surface area contributed by atoms with Gasteiger partial charge in [0.25, 0.3) is 5.91 Å². The summed E-state index contributed by atoms with van der Waals surface area (Å²) >= 11 is 0. The van der Waals surface area contributed by atoms with Gasteiger partial charge in [-0.1, -0.05) is 24.2 Å². The summed E-state index contributed by atoms with van der Waals surface area (Å²) < 4.78 is 10.1. The Balaban J connectivity index is 1.98. The highest BCUT2D eigenvalue weighted by Gasteiger charge is 2.21. The largest absolute Gasteiger partial charge is 0.452 e. The van der Waals surface area contributed by atoms with Gasteiger partial charge in [-0.3, -0.25) is 4.79 Å². The normalized spacial score (nSPS) is 10.4. The second-order valence-corrected chi connectivity index (χ2v) is 5.29. The van der Waals surface area contributed by atoms with Crippen molar-refractivity contribution in [3.63, 3.8) is 0 Å². The van der Waals surface area contributed by atoms with Gasteiger partial charge in [-0.05, 0) is 44.4 Å². The minimum Gasteiger partial charge on any atom is -0.452 e. The van der Waals surface area contributed by atoms with Gasteiger partial charge in [0.05, 0.1) is 5.69 Å². The van der Waals surface area contributed by atoms with Crippen molar-refractivity contribution in [3.05, 3.63) is 46.3 Å². The fourth-order valence-electron chi connectivity index (χ4n) is 2.20. The van der Waals surface area contributed by atoms with Gasteiger partial charge in [0.2, 0.25) is 0 Å². The number of carbonyl (C=O) groups is 2. The topological polar surface area (TPSA) is 81.4 Å². The number of carbonyl (C=O) groups excluding carboxylic acids is 2. The Kier molecular flexibility index (Phi) is 5.16. The van der Waals surface area contributed by atoms with Crippen LogP contribution in [0, 0.1) is 20.8 Å². The van der Waals surface area contributed by atoms with Crippen LogP contribution < -0.4 is 5.32 Å². The molecule has 0 bridgehead atoms. The van der Waals surface area contributed by atoms with E-state index in [1.807, 2.05) is 32.9 Å². The summed E-state index contributed by atoms with van der Waals surface area (Å²) in [6.45, 7) is 7.02. The molecule has 0 saturated carbocycles. The first-order chi connectivity index (χ1) is 10.9. The third-order valence-corrected chi connectivity index (χ3v) is 3.69. The van der Waals surface area contributed by atoms with E-state index in [9.17, 15) is 9.59 Å². The molecule has 0 aliphatic rings. The van der Waals surface area contributed by atoms with Gasteiger partial charge in [0, 0.05) is 5.69 Å². The first-order valence-electron chi connectivity index (χ1n) is 7.42. The number of esters is 1. The maximum absolute atomic E-state index is 12.1. The lowest BCUT2D eigenvalue weighted by Crippen LogP contribution is -2.22. The first-order valence-corrected chi connectivity index (χ1v) is 7.42. The van der Waals surface area contributed by atoms with E-state index < -0.39 is 5.97 Å². The van der Waals surface area contributed by atoms with Crippen molar-refractivity contribution in [1.82, 2.24) is 5.16 Å². The van der Waals surface area contributed by atoms with E-state index in [0.29, 0.717) is 29.1 Å². The molecule has 1 aromatic heterocycles. The predicted molar refractivity (Wildman–Crippen MR) is 85.4 cm³/mol. The SMILES string of the molecule is CCc1noc(C)c1C(=O)OCC(=O)Nc1cccc(C)c1C. The van der Waals surface area contributed by atoms with Gasteiger partial charge < -0.3 is 14.6 Å². The zero-order valence-electron chi connectivity index (χ0n) is 13.7.